The number of hydrogen-bond acceptors (Lipinski definition) is 5. The molecule has 6 nitrogen and oxygen atoms in total. The lowest BCUT2D eigenvalue weighted by Gasteiger charge is -2.09. The van der Waals surface area contributed by atoms with Gasteiger partial charge in [0.15, 0.2) is 9.84 Å². The molecule has 0 saturated carbocycles. The molecule has 0 radical (unpaired) electrons. The van der Waals surface area contributed by atoms with Gasteiger partial charge >= 0.3 is 0 Å². The number of anilines is 1. The molecule has 1 heterocycles. The highest BCUT2D eigenvalue weighted by Gasteiger charge is 2.20. The quantitative estimate of drug-likeness (QED) is 0.849. The minimum Gasteiger partial charge on any atom is -0.398 e. The molecule has 2 N–H and O–H groups in total. The Balaban J connectivity index is 2.29. The van der Waals surface area contributed by atoms with Crippen LogP contribution in [0.4, 0.5) is 5.69 Å². The van der Waals surface area contributed by atoms with E-state index in [0.29, 0.717) is 24.0 Å². The molecule has 0 unspecified atom stereocenters. The van der Waals surface area contributed by atoms with Crippen molar-refractivity contribution in [3.63, 3.8) is 0 Å². The highest BCUT2D eigenvalue weighted by atomic mass is 35.5. The third-order valence-electron chi connectivity index (χ3n) is 2.88. The molecule has 0 fully saturated rings. The molecule has 0 saturated heterocycles. The second-order valence-corrected chi connectivity index (χ2v) is 7.59. The molecular formula is C13H17ClN4O2S. The van der Waals surface area contributed by atoms with Gasteiger partial charge in [-0.05, 0) is 24.1 Å². The third-order valence-corrected chi connectivity index (χ3v) is 4.82. The fourth-order valence-electron chi connectivity index (χ4n) is 1.85. The van der Waals surface area contributed by atoms with Crippen molar-refractivity contribution in [1.82, 2.24) is 14.8 Å². The van der Waals surface area contributed by atoms with Crippen LogP contribution >= 0.6 is 11.6 Å². The number of nitrogens with zero attached hydrogens (tertiary/aromatic N) is 3. The van der Waals surface area contributed by atoms with E-state index in [1.54, 1.807) is 4.68 Å². The van der Waals surface area contributed by atoms with Gasteiger partial charge in [0.25, 0.3) is 0 Å². The van der Waals surface area contributed by atoms with E-state index in [2.05, 4.69) is 10.1 Å². The highest BCUT2D eigenvalue weighted by molar-refractivity contribution is 7.90. The normalized spacial score (nSPS) is 12.0. The minimum atomic E-state index is -3.54. The number of aromatic nitrogens is 3. The standard InChI is InChI=1S/C13H17ClN4O2S/c1-9(2)6-18-13(16-8-17-18)7-21(19,20)10-3-4-12(15)11(14)5-10/h3-5,8-9H,6-7,15H2,1-2H3. The molecule has 8 heteroatoms. The van der Waals surface area contributed by atoms with Crippen LogP contribution in [-0.2, 0) is 22.1 Å². The topological polar surface area (TPSA) is 90.9 Å². The van der Waals surface area contributed by atoms with E-state index in [4.69, 9.17) is 17.3 Å². The first-order valence-electron chi connectivity index (χ1n) is 6.44. The number of halogens is 1. The van der Waals surface area contributed by atoms with Crippen molar-refractivity contribution in [3.05, 3.63) is 35.4 Å². The molecule has 0 atom stereocenters. The van der Waals surface area contributed by atoms with Gasteiger partial charge in [0, 0.05) is 6.54 Å². The van der Waals surface area contributed by atoms with Crippen LogP contribution in [-0.4, -0.2) is 23.2 Å². The van der Waals surface area contributed by atoms with Crippen molar-refractivity contribution >= 4 is 27.1 Å². The molecule has 0 aliphatic heterocycles. The van der Waals surface area contributed by atoms with Crippen LogP contribution in [0.2, 0.25) is 5.02 Å². The van der Waals surface area contributed by atoms with Crippen molar-refractivity contribution in [3.8, 4) is 0 Å². The van der Waals surface area contributed by atoms with Crippen LogP contribution in [0.5, 0.6) is 0 Å². The van der Waals surface area contributed by atoms with Gasteiger partial charge in [0.2, 0.25) is 0 Å². The molecule has 0 amide bonds. The Kier molecular flexibility index (Phi) is 4.53. The molecule has 114 valence electrons. The van der Waals surface area contributed by atoms with Crippen LogP contribution in [0, 0.1) is 5.92 Å². The summed E-state index contributed by atoms with van der Waals surface area (Å²) < 4.78 is 26.5. The number of hydrogen-bond donors (Lipinski definition) is 1. The zero-order valence-corrected chi connectivity index (χ0v) is 13.4. The maximum absolute atomic E-state index is 12.4. The molecule has 21 heavy (non-hydrogen) atoms. The summed E-state index contributed by atoms with van der Waals surface area (Å²) in [5.41, 5.74) is 5.94. The second kappa shape index (κ2) is 6.03. The lowest BCUT2D eigenvalue weighted by atomic mass is 10.2. The summed E-state index contributed by atoms with van der Waals surface area (Å²) in [5, 5.41) is 4.28. The molecular weight excluding hydrogens is 312 g/mol. The number of nitrogen functional groups attached to an aromatic ring is 1. The van der Waals surface area contributed by atoms with Crippen molar-refractivity contribution in [2.24, 2.45) is 5.92 Å². The molecule has 0 bridgehead atoms. The second-order valence-electron chi connectivity index (χ2n) is 5.19. The van der Waals surface area contributed by atoms with Gasteiger partial charge < -0.3 is 5.73 Å². The average molecular weight is 329 g/mol. The number of nitrogens with two attached hydrogens (primary N) is 1. The van der Waals surface area contributed by atoms with E-state index in [-0.39, 0.29) is 15.7 Å². The monoisotopic (exact) mass is 328 g/mol. The van der Waals surface area contributed by atoms with Crippen LogP contribution < -0.4 is 5.73 Å². The minimum absolute atomic E-state index is 0.126. The molecule has 1 aromatic heterocycles. The van der Waals surface area contributed by atoms with E-state index in [1.165, 1.54) is 24.5 Å². The maximum atomic E-state index is 12.4. The van der Waals surface area contributed by atoms with Gasteiger partial charge in [-0.2, -0.15) is 5.10 Å². The fourth-order valence-corrected chi connectivity index (χ4v) is 3.40. The smallest absolute Gasteiger partial charge is 0.185 e. The van der Waals surface area contributed by atoms with Crippen molar-refractivity contribution < 1.29 is 8.42 Å². The predicted molar refractivity (Wildman–Crippen MR) is 81.6 cm³/mol. The first-order chi connectivity index (χ1) is 9.79. The van der Waals surface area contributed by atoms with E-state index < -0.39 is 9.84 Å². The first kappa shape index (κ1) is 15.8. The van der Waals surface area contributed by atoms with Gasteiger partial charge in [0.1, 0.15) is 17.9 Å². The Morgan fingerprint density at radius 3 is 2.71 bits per heavy atom. The van der Waals surface area contributed by atoms with Crippen LogP contribution in [0.3, 0.4) is 0 Å². The van der Waals surface area contributed by atoms with Gasteiger partial charge in [-0.1, -0.05) is 25.4 Å². The Bertz CT molecular complexity index is 740. The van der Waals surface area contributed by atoms with Crippen molar-refractivity contribution in [2.45, 2.75) is 31.0 Å². The molecule has 2 rings (SSSR count). The molecule has 0 aliphatic rings. The van der Waals surface area contributed by atoms with E-state index in [9.17, 15) is 8.42 Å². The summed E-state index contributed by atoms with van der Waals surface area (Å²) in [7, 11) is -3.54. The fraction of sp³-hybridized carbons (Fsp3) is 0.385. The maximum Gasteiger partial charge on any atom is 0.185 e. The molecule has 0 spiro atoms. The summed E-state index contributed by atoms with van der Waals surface area (Å²) in [6, 6.07) is 4.28. The van der Waals surface area contributed by atoms with Gasteiger partial charge in [-0.3, -0.25) is 0 Å². The molecule has 0 aliphatic carbocycles. The van der Waals surface area contributed by atoms with Crippen LogP contribution in [0.25, 0.3) is 0 Å². The summed E-state index contributed by atoms with van der Waals surface area (Å²) in [6.45, 7) is 4.67. The highest BCUT2D eigenvalue weighted by Crippen LogP contribution is 2.24. The van der Waals surface area contributed by atoms with E-state index in [0.717, 1.165) is 0 Å². The number of benzene rings is 1. The Morgan fingerprint density at radius 1 is 1.38 bits per heavy atom. The predicted octanol–water partition coefficient (Wildman–Crippen LogP) is 2.14. The van der Waals surface area contributed by atoms with E-state index in [1.807, 2.05) is 13.8 Å². The summed E-state index contributed by atoms with van der Waals surface area (Å²) >= 11 is 5.88. The first-order valence-corrected chi connectivity index (χ1v) is 8.47. The lowest BCUT2D eigenvalue weighted by Crippen LogP contribution is -2.14. The van der Waals surface area contributed by atoms with Gasteiger partial charge in [0.05, 0.1) is 15.6 Å². The van der Waals surface area contributed by atoms with Gasteiger partial charge in [-0.15, -0.1) is 0 Å². The van der Waals surface area contributed by atoms with Crippen LogP contribution in [0.1, 0.15) is 19.7 Å². The van der Waals surface area contributed by atoms with Crippen molar-refractivity contribution in [1.29, 1.82) is 0 Å². The average Bonchev–Trinajstić information content (AvgIpc) is 2.78. The van der Waals surface area contributed by atoms with Gasteiger partial charge in [-0.25, -0.2) is 18.1 Å². The molecule has 2 aromatic rings. The van der Waals surface area contributed by atoms with Crippen LogP contribution in [0.15, 0.2) is 29.4 Å². The van der Waals surface area contributed by atoms with Crippen molar-refractivity contribution in [2.75, 3.05) is 5.73 Å². The summed E-state index contributed by atoms with van der Waals surface area (Å²) in [6.07, 6.45) is 1.36. The summed E-state index contributed by atoms with van der Waals surface area (Å²) in [5.74, 6) is 0.538. The van der Waals surface area contributed by atoms with E-state index >= 15 is 0 Å². The zero-order chi connectivity index (χ0) is 15.6. The third kappa shape index (κ3) is 3.74. The Morgan fingerprint density at radius 2 is 2.10 bits per heavy atom. The Hall–Kier alpha value is -1.60. The summed E-state index contributed by atoms with van der Waals surface area (Å²) in [4.78, 5) is 4.16. The lowest BCUT2D eigenvalue weighted by molar-refractivity contribution is 0.470. The number of sulfone groups is 1. The largest absolute Gasteiger partial charge is 0.398 e. The zero-order valence-electron chi connectivity index (χ0n) is 11.8. The SMILES string of the molecule is CC(C)Cn1ncnc1CS(=O)(=O)c1ccc(N)c(Cl)c1. The Labute approximate surface area is 128 Å². The molecule has 1 aromatic carbocycles. The number of rotatable bonds is 5.